The van der Waals surface area contributed by atoms with Gasteiger partial charge in [-0.05, 0) is 38.1 Å². The van der Waals surface area contributed by atoms with Crippen molar-refractivity contribution in [3.8, 4) is 0 Å². The SMILES string of the molecule is O=S(=O)(Nc1cc(Cl)c(Cl)cc1Cl)C1CCNCC1. The van der Waals surface area contributed by atoms with Gasteiger partial charge in [-0.15, -0.1) is 0 Å². The average Bonchev–Trinajstić information content (AvgIpc) is 2.37. The van der Waals surface area contributed by atoms with Crippen molar-refractivity contribution in [1.29, 1.82) is 0 Å². The van der Waals surface area contributed by atoms with E-state index in [1.54, 1.807) is 0 Å². The molecule has 0 spiro atoms. The van der Waals surface area contributed by atoms with Crippen molar-refractivity contribution in [3.05, 3.63) is 27.2 Å². The first kappa shape index (κ1) is 15.2. The first-order valence-corrected chi connectivity index (χ1v) is 8.45. The Morgan fingerprint density at radius 1 is 1.05 bits per heavy atom. The molecule has 1 aliphatic heterocycles. The van der Waals surface area contributed by atoms with E-state index in [0.717, 1.165) is 0 Å². The first-order valence-electron chi connectivity index (χ1n) is 5.77. The fraction of sp³-hybridized carbons (Fsp3) is 0.455. The molecule has 0 aromatic heterocycles. The van der Waals surface area contributed by atoms with Crippen molar-refractivity contribution in [2.24, 2.45) is 0 Å². The van der Waals surface area contributed by atoms with E-state index in [4.69, 9.17) is 34.8 Å². The zero-order valence-electron chi connectivity index (χ0n) is 9.92. The van der Waals surface area contributed by atoms with E-state index in [0.29, 0.717) is 25.9 Å². The quantitative estimate of drug-likeness (QED) is 0.829. The molecule has 1 fully saturated rings. The van der Waals surface area contributed by atoms with Crippen LogP contribution >= 0.6 is 34.8 Å². The molecule has 0 amide bonds. The van der Waals surface area contributed by atoms with Gasteiger partial charge >= 0.3 is 0 Å². The molecule has 2 rings (SSSR count). The Balaban J connectivity index is 2.22. The molecule has 0 aliphatic carbocycles. The number of nitrogens with one attached hydrogen (secondary N) is 2. The van der Waals surface area contributed by atoms with E-state index in [-0.39, 0.29) is 20.8 Å². The van der Waals surface area contributed by atoms with Crippen LogP contribution in [0.25, 0.3) is 0 Å². The molecule has 0 radical (unpaired) electrons. The normalized spacial score (nSPS) is 17.4. The Kier molecular flexibility index (Phi) is 4.84. The summed E-state index contributed by atoms with van der Waals surface area (Å²) in [7, 11) is -3.46. The summed E-state index contributed by atoms with van der Waals surface area (Å²) >= 11 is 17.6. The van der Waals surface area contributed by atoms with Crippen molar-refractivity contribution in [1.82, 2.24) is 5.32 Å². The smallest absolute Gasteiger partial charge is 0.235 e. The van der Waals surface area contributed by atoms with E-state index < -0.39 is 15.3 Å². The van der Waals surface area contributed by atoms with Crippen LogP contribution in [-0.4, -0.2) is 26.8 Å². The summed E-state index contributed by atoms with van der Waals surface area (Å²) < 4.78 is 27.0. The minimum atomic E-state index is -3.46. The van der Waals surface area contributed by atoms with E-state index >= 15 is 0 Å². The molecule has 0 atom stereocenters. The summed E-state index contributed by atoms with van der Waals surface area (Å²) in [6.07, 6.45) is 1.16. The largest absolute Gasteiger partial charge is 0.317 e. The van der Waals surface area contributed by atoms with Gasteiger partial charge in [0.25, 0.3) is 0 Å². The number of rotatable bonds is 3. The molecule has 1 heterocycles. The highest BCUT2D eigenvalue weighted by Crippen LogP contribution is 2.33. The van der Waals surface area contributed by atoms with Gasteiger partial charge in [0.2, 0.25) is 10.0 Å². The van der Waals surface area contributed by atoms with Crippen LogP contribution < -0.4 is 10.0 Å². The molecule has 4 nitrogen and oxygen atoms in total. The van der Waals surface area contributed by atoms with Crippen molar-refractivity contribution in [2.45, 2.75) is 18.1 Å². The highest BCUT2D eigenvalue weighted by Gasteiger charge is 2.27. The molecule has 1 saturated heterocycles. The van der Waals surface area contributed by atoms with E-state index in [1.165, 1.54) is 12.1 Å². The minimum Gasteiger partial charge on any atom is -0.317 e. The summed E-state index contributed by atoms with van der Waals surface area (Å²) in [5.74, 6) is 0. The van der Waals surface area contributed by atoms with Crippen LogP contribution in [-0.2, 0) is 10.0 Å². The van der Waals surface area contributed by atoms with Gasteiger partial charge in [-0.3, -0.25) is 4.72 Å². The van der Waals surface area contributed by atoms with Gasteiger partial charge in [-0.1, -0.05) is 34.8 Å². The Hall–Kier alpha value is -0.200. The molecule has 19 heavy (non-hydrogen) atoms. The van der Waals surface area contributed by atoms with E-state index in [2.05, 4.69) is 10.0 Å². The number of piperidine rings is 1. The summed E-state index contributed by atoms with van der Waals surface area (Å²) in [6, 6.07) is 2.84. The number of anilines is 1. The van der Waals surface area contributed by atoms with Crippen molar-refractivity contribution in [2.75, 3.05) is 17.8 Å². The molecule has 0 bridgehead atoms. The highest BCUT2D eigenvalue weighted by molar-refractivity contribution is 7.93. The molecule has 1 aliphatic rings. The van der Waals surface area contributed by atoms with E-state index in [1.807, 2.05) is 0 Å². The lowest BCUT2D eigenvalue weighted by atomic mass is 10.2. The number of sulfonamides is 1. The van der Waals surface area contributed by atoms with Gasteiger partial charge < -0.3 is 5.32 Å². The molecule has 1 aromatic carbocycles. The average molecular weight is 344 g/mol. The summed E-state index contributed by atoms with van der Waals surface area (Å²) in [5.41, 5.74) is 0.259. The Bertz CT molecular complexity index is 572. The van der Waals surface area contributed by atoms with Gasteiger partial charge in [0.1, 0.15) is 0 Å². The third kappa shape index (κ3) is 3.67. The maximum atomic E-state index is 12.2. The zero-order valence-corrected chi connectivity index (χ0v) is 13.0. The van der Waals surface area contributed by atoms with Crippen LogP contribution in [0.3, 0.4) is 0 Å². The Morgan fingerprint density at radius 2 is 1.63 bits per heavy atom. The van der Waals surface area contributed by atoms with Crippen LogP contribution in [0.15, 0.2) is 12.1 Å². The fourth-order valence-electron chi connectivity index (χ4n) is 1.94. The maximum absolute atomic E-state index is 12.2. The lowest BCUT2D eigenvalue weighted by Crippen LogP contribution is -2.38. The predicted octanol–water partition coefficient (Wildman–Crippen LogP) is 3.14. The number of hydrogen-bond acceptors (Lipinski definition) is 3. The van der Waals surface area contributed by atoms with Crippen molar-refractivity contribution >= 4 is 50.5 Å². The number of hydrogen-bond donors (Lipinski definition) is 2. The zero-order chi connectivity index (χ0) is 14.0. The molecular weight excluding hydrogens is 331 g/mol. The van der Waals surface area contributed by atoms with E-state index in [9.17, 15) is 8.42 Å². The van der Waals surface area contributed by atoms with Gasteiger partial charge in [0, 0.05) is 0 Å². The predicted molar refractivity (Wildman–Crippen MR) is 79.9 cm³/mol. The maximum Gasteiger partial charge on any atom is 0.235 e. The second-order valence-corrected chi connectivity index (χ2v) is 7.53. The monoisotopic (exact) mass is 342 g/mol. The molecule has 0 unspecified atom stereocenters. The molecular formula is C11H13Cl3N2O2S. The summed E-state index contributed by atoms with van der Waals surface area (Å²) in [5, 5.41) is 3.48. The minimum absolute atomic E-state index is 0.229. The highest BCUT2D eigenvalue weighted by atomic mass is 35.5. The topological polar surface area (TPSA) is 58.2 Å². The van der Waals surface area contributed by atoms with Crippen molar-refractivity contribution in [3.63, 3.8) is 0 Å². The van der Waals surface area contributed by atoms with Crippen LogP contribution in [0.4, 0.5) is 5.69 Å². The van der Waals surface area contributed by atoms with Gasteiger partial charge in [-0.25, -0.2) is 8.42 Å². The number of benzene rings is 1. The second-order valence-electron chi connectivity index (χ2n) is 4.34. The van der Waals surface area contributed by atoms with Crippen LogP contribution in [0, 0.1) is 0 Å². The van der Waals surface area contributed by atoms with Gasteiger partial charge in [0.05, 0.1) is 26.0 Å². The molecule has 2 N–H and O–H groups in total. The van der Waals surface area contributed by atoms with Crippen LogP contribution in [0.2, 0.25) is 15.1 Å². The Labute approximate surface area is 127 Å². The lowest BCUT2D eigenvalue weighted by Gasteiger charge is -2.23. The molecule has 106 valence electrons. The molecule has 0 saturated carbocycles. The third-order valence-corrected chi connectivity index (χ3v) is 5.88. The number of halogens is 3. The summed E-state index contributed by atoms with van der Waals surface area (Å²) in [4.78, 5) is 0. The Morgan fingerprint density at radius 3 is 2.26 bits per heavy atom. The lowest BCUT2D eigenvalue weighted by molar-refractivity contribution is 0.499. The first-order chi connectivity index (χ1) is 8.90. The van der Waals surface area contributed by atoms with Crippen LogP contribution in [0.1, 0.15) is 12.8 Å². The van der Waals surface area contributed by atoms with Crippen molar-refractivity contribution < 1.29 is 8.42 Å². The van der Waals surface area contributed by atoms with Crippen LogP contribution in [0.5, 0.6) is 0 Å². The second kappa shape index (κ2) is 6.06. The molecule has 8 heteroatoms. The standard InChI is InChI=1S/C11H13Cl3N2O2S/c12-8-5-10(14)11(6-9(8)13)16-19(17,18)7-1-3-15-4-2-7/h5-7,15-16H,1-4H2. The van der Waals surface area contributed by atoms with Gasteiger partial charge in [-0.2, -0.15) is 0 Å². The fourth-order valence-corrected chi connectivity index (χ4v) is 4.09. The molecule has 1 aromatic rings. The third-order valence-electron chi connectivity index (χ3n) is 2.99. The van der Waals surface area contributed by atoms with Gasteiger partial charge in [0.15, 0.2) is 0 Å². The summed E-state index contributed by atoms with van der Waals surface area (Å²) in [6.45, 7) is 1.39.